The van der Waals surface area contributed by atoms with Gasteiger partial charge in [0.1, 0.15) is 11.6 Å². The van der Waals surface area contributed by atoms with E-state index in [0.29, 0.717) is 18.7 Å². The van der Waals surface area contributed by atoms with Crippen LogP contribution in [-0.4, -0.2) is 7.11 Å². The Morgan fingerprint density at radius 1 is 1.00 bits per heavy atom. The first-order chi connectivity index (χ1) is 8.79. The molecule has 0 atom stereocenters. The normalized spacial score (nSPS) is 9.79. The van der Waals surface area contributed by atoms with Crippen molar-refractivity contribution in [3.63, 3.8) is 0 Å². The first-order valence-corrected chi connectivity index (χ1v) is 5.86. The molecule has 19 heavy (non-hydrogen) atoms. The van der Waals surface area contributed by atoms with Gasteiger partial charge in [0.25, 0.3) is 0 Å². The standard InChI is InChI=1S/C15H16FNO.ClH/c1-18-14-8-6-12(7-9-14)10-17-11-13-4-2-3-5-15(13)16;/h2-9,17H,10-11H2,1H3;1H/p-1. The Bertz CT molecular complexity index is 502. The second-order valence-electron chi connectivity index (χ2n) is 4.04. The summed E-state index contributed by atoms with van der Waals surface area (Å²) in [7, 11) is 1.64. The lowest BCUT2D eigenvalue weighted by Gasteiger charge is -2.07. The number of ether oxygens (including phenoxy) is 1. The Morgan fingerprint density at radius 3 is 2.32 bits per heavy atom. The number of rotatable bonds is 5. The van der Waals surface area contributed by atoms with Crippen molar-refractivity contribution in [2.75, 3.05) is 7.11 Å². The molecule has 0 aliphatic carbocycles. The summed E-state index contributed by atoms with van der Waals surface area (Å²) in [5.74, 6) is 0.674. The van der Waals surface area contributed by atoms with Gasteiger partial charge in [-0.2, -0.15) is 0 Å². The molecular formula is C15H16ClFNO-. The maximum Gasteiger partial charge on any atom is 0.127 e. The Kier molecular flexibility index (Phi) is 6.33. The molecule has 2 aromatic carbocycles. The third-order valence-corrected chi connectivity index (χ3v) is 2.76. The summed E-state index contributed by atoms with van der Waals surface area (Å²) in [6.45, 7) is 1.23. The average Bonchev–Trinajstić information content (AvgIpc) is 2.42. The summed E-state index contributed by atoms with van der Waals surface area (Å²) in [4.78, 5) is 0. The van der Waals surface area contributed by atoms with E-state index < -0.39 is 0 Å². The minimum absolute atomic E-state index is 0. The molecule has 2 rings (SSSR count). The number of nitrogens with one attached hydrogen (secondary N) is 1. The molecule has 102 valence electrons. The van der Waals surface area contributed by atoms with Gasteiger partial charge in [-0.15, -0.1) is 0 Å². The molecule has 4 heteroatoms. The minimum atomic E-state index is -0.167. The lowest BCUT2D eigenvalue weighted by atomic mass is 10.2. The van der Waals surface area contributed by atoms with Crippen molar-refractivity contribution < 1.29 is 21.5 Å². The van der Waals surface area contributed by atoms with E-state index in [4.69, 9.17) is 4.74 Å². The van der Waals surface area contributed by atoms with Crippen LogP contribution in [0.2, 0.25) is 0 Å². The van der Waals surface area contributed by atoms with Crippen molar-refractivity contribution >= 4 is 0 Å². The number of benzene rings is 2. The molecule has 0 aliphatic heterocycles. The van der Waals surface area contributed by atoms with Gasteiger partial charge in [-0.1, -0.05) is 30.3 Å². The van der Waals surface area contributed by atoms with Crippen LogP contribution in [0, 0.1) is 5.82 Å². The number of hydrogen-bond acceptors (Lipinski definition) is 2. The second-order valence-corrected chi connectivity index (χ2v) is 4.04. The fourth-order valence-corrected chi connectivity index (χ4v) is 1.73. The molecule has 0 saturated heterocycles. The van der Waals surface area contributed by atoms with Crippen molar-refractivity contribution in [1.82, 2.24) is 5.32 Å². The van der Waals surface area contributed by atoms with Gasteiger partial charge in [-0.25, -0.2) is 4.39 Å². The summed E-state index contributed by atoms with van der Waals surface area (Å²) in [5, 5.41) is 3.22. The van der Waals surface area contributed by atoms with Gasteiger partial charge in [0.2, 0.25) is 0 Å². The van der Waals surface area contributed by atoms with Crippen molar-refractivity contribution in [2.24, 2.45) is 0 Å². The monoisotopic (exact) mass is 280 g/mol. The lowest BCUT2D eigenvalue weighted by molar-refractivity contribution is -0.00000457. The lowest BCUT2D eigenvalue weighted by Crippen LogP contribution is -3.00. The molecule has 0 heterocycles. The zero-order valence-electron chi connectivity index (χ0n) is 10.7. The number of methoxy groups -OCH3 is 1. The predicted molar refractivity (Wildman–Crippen MR) is 69.9 cm³/mol. The molecule has 0 fully saturated rings. The molecule has 0 saturated carbocycles. The minimum Gasteiger partial charge on any atom is -1.00 e. The van der Waals surface area contributed by atoms with Crippen LogP contribution in [0.5, 0.6) is 5.75 Å². The molecule has 1 N–H and O–H groups in total. The Labute approximate surface area is 119 Å². The third-order valence-electron chi connectivity index (χ3n) is 2.76. The Hall–Kier alpha value is -1.58. The van der Waals surface area contributed by atoms with Gasteiger partial charge in [0, 0.05) is 18.7 Å². The van der Waals surface area contributed by atoms with Gasteiger partial charge >= 0.3 is 0 Å². The van der Waals surface area contributed by atoms with E-state index in [1.54, 1.807) is 19.2 Å². The SMILES string of the molecule is COc1ccc(CNCc2ccccc2F)cc1.[Cl-]. The molecule has 0 unspecified atom stereocenters. The highest BCUT2D eigenvalue weighted by atomic mass is 35.5. The molecule has 0 spiro atoms. The topological polar surface area (TPSA) is 21.3 Å². The van der Waals surface area contributed by atoms with Crippen LogP contribution in [-0.2, 0) is 13.1 Å². The summed E-state index contributed by atoms with van der Waals surface area (Å²) >= 11 is 0. The fourth-order valence-electron chi connectivity index (χ4n) is 1.73. The summed E-state index contributed by atoms with van der Waals surface area (Å²) < 4.78 is 18.4. The highest BCUT2D eigenvalue weighted by molar-refractivity contribution is 5.27. The summed E-state index contributed by atoms with van der Waals surface area (Å²) in [6.07, 6.45) is 0. The van der Waals surface area contributed by atoms with Crippen LogP contribution in [0.1, 0.15) is 11.1 Å². The largest absolute Gasteiger partial charge is 1.00 e. The van der Waals surface area contributed by atoms with Crippen LogP contribution < -0.4 is 22.5 Å². The van der Waals surface area contributed by atoms with Crippen LogP contribution >= 0.6 is 0 Å². The zero-order valence-corrected chi connectivity index (χ0v) is 11.5. The van der Waals surface area contributed by atoms with Crippen LogP contribution in [0.3, 0.4) is 0 Å². The van der Waals surface area contributed by atoms with Gasteiger partial charge in [-0.3, -0.25) is 0 Å². The quantitative estimate of drug-likeness (QED) is 0.841. The molecule has 2 aromatic rings. The summed E-state index contributed by atoms with van der Waals surface area (Å²) in [6, 6.07) is 14.6. The van der Waals surface area contributed by atoms with Crippen molar-refractivity contribution in [3.8, 4) is 5.75 Å². The van der Waals surface area contributed by atoms with Gasteiger partial charge in [-0.05, 0) is 23.8 Å². The molecule has 0 bridgehead atoms. The molecule has 0 aromatic heterocycles. The molecule has 0 aliphatic rings. The molecule has 2 nitrogen and oxygen atoms in total. The summed E-state index contributed by atoms with van der Waals surface area (Å²) in [5.41, 5.74) is 1.83. The second kappa shape index (κ2) is 7.77. The van der Waals surface area contributed by atoms with E-state index in [0.717, 1.165) is 11.3 Å². The van der Waals surface area contributed by atoms with Gasteiger partial charge < -0.3 is 22.5 Å². The predicted octanol–water partition coefficient (Wildman–Crippen LogP) is 0.128. The van der Waals surface area contributed by atoms with Gasteiger partial charge in [0.15, 0.2) is 0 Å². The maximum absolute atomic E-state index is 13.4. The first-order valence-electron chi connectivity index (χ1n) is 5.86. The van der Waals surface area contributed by atoms with Gasteiger partial charge in [0.05, 0.1) is 7.11 Å². The molecule has 0 radical (unpaired) electrons. The fraction of sp³-hybridized carbons (Fsp3) is 0.200. The highest BCUT2D eigenvalue weighted by Gasteiger charge is 2.00. The van der Waals surface area contributed by atoms with Crippen molar-refractivity contribution in [3.05, 3.63) is 65.5 Å². The van der Waals surface area contributed by atoms with E-state index in [9.17, 15) is 4.39 Å². The van der Waals surface area contributed by atoms with E-state index in [-0.39, 0.29) is 18.2 Å². The zero-order chi connectivity index (χ0) is 12.8. The smallest absolute Gasteiger partial charge is 0.127 e. The maximum atomic E-state index is 13.4. The van der Waals surface area contributed by atoms with Crippen LogP contribution in [0.15, 0.2) is 48.5 Å². The molecular weight excluding hydrogens is 265 g/mol. The highest BCUT2D eigenvalue weighted by Crippen LogP contribution is 2.11. The van der Waals surface area contributed by atoms with E-state index in [1.165, 1.54) is 6.07 Å². The Morgan fingerprint density at radius 2 is 1.68 bits per heavy atom. The first kappa shape index (κ1) is 15.5. The van der Waals surface area contributed by atoms with E-state index >= 15 is 0 Å². The Balaban J connectivity index is 0.00000180. The van der Waals surface area contributed by atoms with E-state index in [1.807, 2.05) is 30.3 Å². The third kappa shape index (κ3) is 4.54. The average molecular weight is 281 g/mol. The van der Waals surface area contributed by atoms with Crippen LogP contribution in [0.4, 0.5) is 4.39 Å². The number of halogens is 2. The van der Waals surface area contributed by atoms with E-state index in [2.05, 4.69) is 5.32 Å². The molecule has 0 amide bonds. The van der Waals surface area contributed by atoms with Crippen molar-refractivity contribution in [2.45, 2.75) is 13.1 Å². The van der Waals surface area contributed by atoms with Crippen LogP contribution in [0.25, 0.3) is 0 Å². The number of hydrogen-bond donors (Lipinski definition) is 1. The van der Waals surface area contributed by atoms with Crippen molar-refractivity contribution in [1.29, 1.82) is 0 Å².